The lowest BCUT2D eigenvalue weighted by Gasteiger charge is -2.09. The minimum Gasteiger partial charge on any atom is -0.478 e. The first-order chi connectivity index (χ1) is 9.33. The molecule has 0 saturated heterocycles. The Bertz CT molecular complexity index is 765. The molecule has 8 heteroatoms. The zero-order valence-electron chi connectivity index (χ0n) is 10.9. The van der Waals surface area contributed by atoms with E-state index in [2.05, 4.69) is 10.1 Å². The predicted molar refractivity (Wildman–Crippen MR) is 70.0 cm³/mol. The summed E-state index contributed by atoms with van der Waals surface area (Å²) in [7, 11) is -2.08. The largest absolute Gasteiger partial charge is 0.478 e. The van der Waals surface area contributed by atoms with Gasteiger partial charge in [-0.3, -0.25) is 4.68 Å². The Kier molecular flexibility index (Phi) is 3.58. The number of nitrogens with zero attached hydrogens (tertiary/aromatic N) is 3. The summed E-state index contributed by atoms with van der Waals surface area (Å²) >= 11 is 0. The number of aryl methyl sites for hydroxylation is 1. The summed E-state index contributed by atoms with van der Waals surface area (Å²) in [6.07, 6.45) is 1.27. The van der Waals surface area contributed by atoms with Gasteiger partial charge in [0.15, 0.2) is 9.84 Å². The third-order valence-corrected chi connectivity index (χ3v) is 4.72. The SMILES string of the molecule is Cc1c(C(=O)O)cccc1S(=O)(=O)Cc1ncnn1C. The molecule has 0 fully saturated rings. The lowest BCUT2D eigenvalue weighted by Crippen LogP contribution is -2.13. The zero-order chi connectivity index (χ0) is 14.9. The molecule has 1 aromatic carbocycles. The van der Waals surface area contributed by atoms with Gasteiger partial charge in [0.2, 0.25) is 0 Å². The first-order valence-electron chi connectivity index (χ1n) is 5.71. The maximum atomic E-state index is 12.4. The smallest absolute Gasteiger partial charge is 0.335 e. The van der Waals surface area contributed by atoms with Crippen LogP contribution >= 0.6 is 0 Å². The van der Waals surface area contributed by atoms with Crippen molar-refractivity contribution in [3.8, 4) is 0 Å². The van der Waals surface area contributed by atoms with E-state index >= 15 is 0 Å². The van der Waals surface area contributed by atoms with Gasteiger partial charge in [0.25, 0.3) is 0 Å². The van der Waals surface area contributed by atoms with Crippen LogP contribution in [0.15, 0.2) is 29.4 Å². The van der Waals surface area contributed by atoms with Crippen molar-refractivity contribution in [3.63, 3.8) is 0 Å². The minimum absolute atomic E-state index is 0.000370. The monoisotopic (exact) mass is 295 g/mol. The molecule has 0 unspecified atom stereocenters. The van der Waals surface area contributed by atoms with E-state index in [0.29, 0.717) is 5.82 Å². The number of carboxylic acids is 1. The maximum Gasteiger partial charge on any atom is 0.335 e. The van der Waals surface area contributed by atoms with E-state index in [1.165, 1.54) is 36.1 Å². The van der Waals surface area contributed by atoms with Gasteiger partial charge in [0, 0.05) is 7.05 Å². The molecule has 1 aromatic heterocycles. The van der Waals surface area contributed by atoms with Crippen molar-refractivity contribution >= 4 is 15.8 Å². The number of carbonyl (C=O) groups is 1. The molecule has 0 aliphatic rings. The molecule has 0 amide bonds. The zero-order valence-corrected chi connectivity index (χ0v) is 11.8. The number of rotatable bonds is 4. The minimum atomic E-state index is -3.68. The highest BCUT2D eigenvalue weighted by molar-refractivity contribution is 7.90. The molecular formula is C12H13N3O4S. The number of benzene rings is 1. The summed E-state index contributed by atoms with van der Waals surface area (Å²) < 4.78 is 26.1. The van der Waals surface area contributed by atoms with Crippen LogP contribution in [0.2, 0.25) is 0 Å². The summed E-state index contributed by atoms with van der Waals surface area (Å²) in [5.41, 5.74) is 0.200. The quantitative estimate of drug-likeness (QED) is 0.895. The molecule has 1 N–H and O–H groups in total. The summed E-state index contributed by atoms with van der Waals surface area (Å²) in [4.78, 5) is 14.9. The Labute approximate surface area is 115 Å². The molecule has 0 saturated carbocycles. The van der Waals surface area contributed by atoms with E-state index in [1.807, 2.05) is 0 Å². The molecular weight excluding hydrogens is 282 g/mol. The molecule has 7 nitrogen and oxygen atoms in total. The third kappa shape index (κ3) is 2.55. The van der Waals surface area contributed by atoms with Gasteiger partial charge in [-0.05, 0) is 24.6 Å². The number of hydrogen-bond donors (Lipinski definition) is 1. The van der Waals surface area contributed by atoms with Crippen molar-refractivity contribution in [3.05, 3.63) is 41.5 Å². The second-order valence-electron chi connectivity index (χ2n) is 4.29. The van der Waals surface area contributed by atoms with Crippen LogP contribution in [-0.4, -0.2) is 34.3 Å². The van der Waals surface area contributed by atoms with E-state index in [1.54, 1.807) is 7.05 Å². The number of aromatic nitrogens is 3. The summed E-state index contributed by atoms with van der Waals surface area (Å²) in [6.45, 7) is 1.48. The van der Waals surface area contributed by atoms with Gasteiger partial charge in [-0.15, -0.1) is 0 Å². The summed E-state index contributed by atoms with van der Waals surface area (Å²) in [5, 5.41) is 12.8. The van der Waals surface area contributed by atoms with Gasteiger partial charge in [-0.25, -0.2) is 18.2 Å². The van der Waals surface area contributed by atoms with Crippen LogP contribution in [0.25, 0.3) is 0 Å². The normalized spacial score (nSPS) is 11.5. The number of sulfone groups is 1. The summed E-state index contributed by atoms with van der Waals surface area (Å²) in [6, 6.07) is 4.19. The van der Waals surface area contributed by atoms with Gasteiger partial charge in [-0.1, -0.05) is 6.07 Å². The molecule has 0 aliphatic carbocycles. The third-order valence-electron chi connectivity index (χ3n) is 2.97. The average Bonchev–Trinajstić information content (AvgIpc) is 2.74. The first-order valence-corrected chi connectivity index (χ1v) is 7.36. The van der Waals surface area contributed by atoms with Gasteiger partial charge in [-0.2, -0.15) is 5.10 Å². The molecule has 0 atom stereocenters. The standard InChI is InChI=1S/C12H13N3O4S/c1-8-9(12(16)17)4-3-5-10(8)20(18,19)6-11-13-7-14-15(11)2/h3-5,7H,6H2,1-2H3,(H,16,17). The van der Waals surface area contributed by atoms with E-state index in [9.17, 15) is 13.2 Å². The maximum absolute atomic E-state index is 12.4. The van der Waals surface area contributed by atoms with Crippen molar-refractivity contribution in [1.29, 1.82) is 0 Å². The Morgan fingerprint density at radius 1 is 1.40 bits per heavy atom. The molecule has 2 aromatic rings. The van der Waals surface area contributed by atoms with Crippen LogP contribution in [0.4, 0.5) is 0 Å². The highest BCUT2D eigenvalue weighted by Crippen LogP contribution is 2.22. The van der Waals surface area contributed by atoms with E-state index < -0.39 is 15.8 Å². The van der Waals surface area contributed by atoms with Crippen LogP contribution in [0, 0.1) is 6.92 Å². The molecule has 20 heavy (non-hydrogen) atoms. The lowest BCUT2D eigenvalue weighted by atomic mass is 10.1. The fourth-order valence-electron chi connectivity index (χ4n) is 1.88. The average molecular weight is 295 g/mol. The van der Waals surface area contributed by atoms with Gasteiger partial charge in [0.1, 0.15) is 17.9 Å². The molecule has 0 spiro atoms. The number of aromatic carboxylic acids is 1. The van der Waals surface area contributed by atoms with Crippen molar-refractivity contribution in [2.45, 2.75) is 17.6 Å². The van der Waals surface area contributed by atoms with Crippen LogP contribution in [-0.2, 0) is 22.6 Å². The van der Waals surface area contributed by atoms with Crippen molar-refractivity contribution in [2.75, 3.05) is 0 Å². The molecule has 0 radical (unpaired) electrons. The van der Waals surface area contributed by atoms with Crippen LogP contribution in [0.3, 0.4) is 0 Å². The van der Waals surface area contributed by atoms with Crippen molar-refractivity contribution in [2.24, 2.45) is 7.05 Å². The topological polar surface area (TPSA) is 102 Å². The lowest BCUT2D eigenvalue weighted by molar-refractivity contribution is 0.0696. The molecule has 2 rings (SSSR count). The van der Waals surface area contributed by atoms with Crippen LogP contribution in [0.1, 0.15) is 21.7 Å². The second-order valence-corrected chi connectivity index (χ2v) is 6.25. The predicted octanol–water partition coefficient (Wildman–Crippen LogP) is 0.796. The highest BCUT2D eigenvalue weighted by atomic mass is 32.2. The Morgan fingerprint density at radius 3 is 2.65 bits per heavy atom. The molecule has 1 heterocycles. The Morgan fingerprint density at radius 2 is 2.10 bits per heavy atom. The number of carboxylic acid groups (broad SMARTS) is 1. The van der Waals surface area contributed by atoms with E-state index in [-0.39, 0.29) is 21.8 Å². The first kappa shape index (κ1) is 14.2. The van der Waals surface area contributed by atoms with E-state index in [4.69, 9.17) is 5.11 Å². The summed E-state index contributed by atoms with van der Waals surface area (Å²) in [5.74, 6) is -1.18. The molecule has 0 aliphatic heterocycles. The van der Waals surface area contributed by atoms with Crippen molar-refractivity contribution < 1.29 is 18.3 Å². The van der Waals surface area contributed by atoms with Crippen molar-refractivity contribution in [1.82, 2.24) is 14.8 Å². The van der Waals surface area contributed by atoms with Gasteiger partial charge in [0.05, 0.1) is 10.5 Å². The van der Waals surface area contributed by atoms with Crippen LogP contribution in [0.5, 0.6) is 0 Å². The van der Waals surface area contributed by atoms with Crippen LogP contribution < -0.4 is 0 Å². The van der Waals surface area contributed by atoms with Gasteiger partial charge < -0.3 is 5.11 Å². The Hall–Kier alpha value is -2.22. The van der Waals surface area contributed by atoms with Gasteiger partial charge >= 0.3 is 5.97 Å². The number of hydrogen-bond acceptors (Lipinski definition) is 5. The second kappa shape index (κ2) is 5.04. The Balaban J connectivity index is 2.48. The molecule has 106 valence electrons. The fraction of sp³-hybridized carbons (Fsp3) is 0.250. The van der Waals surface area contributed by atoms with E-state index in [0.717, 1.165) is 0 Å². The fourth-order valence-corrected chi connectivity index (χ4v) is 3.50. The highest BCUT2D eigenvalue weighted by Gasteiger charge is 2.23. The molecule has 0 bridgehead atoms.